The zero-order chi connectivity index (χ0) is 16.3. The number of amides is 1. The summed E-state index contributed by atoms with van der Waals surface area (Å²) in [7, 11) is -1.41. The molecule has 1 aromatic rings. The Morgan fingerprint density at radius 3 is 2.38 bits per heavy atom. The average Bonchev–Trinajstić information content (AvgIpc) is 2.26. The molecule has 4 heteroatoms. The molecule has 1 aromatic carbocycles. The predicted octanol–water partition coefficient (Wildman–Crippen LogP) is 4.57. The van der Waals surface area contributed by atoms with Crippen LogP contribution in [0.5, 0.6) is 0 Å². The topological polar surface area (TPSA) is 38.3 Å². The van der Waals surface area contributed by atoms with E-state index in [4.69, 9.17) is 4.74 Å². The molecule has 0 aliphatic heterocycles. The van der Waals surface area contributed by atoms with Gasteiger partial charge in [-0.15, -0.1) is 5.54 Å². The molecule has 0 unspecified atom stereocenters. The summed E-state index contributed by atoms with van der Waals surface area (Å²) in [5.41, 5.74) is 5.45. The van der Waals surface area contributed by atoms with Crippen LogP contribution >= 0.6 is 0 Å². The van der Waals surface area contributed by atoms with Gasteiger partial charge in [-0.25, -0.2) is 4.79 Å². The number of rotatable bonds is 1. The van der Waals surface area contributed by atoms with Crippen LogP contribution in [0.1, 0.15) is 31.9 Å². The highest BCUT2D eigenvalue weighted by molar-refractivity contribution is 6.83. The summed E-state index contributed by atoms with van der Waals surface area (Å²) in [4.78, 5) is 11.8. The fraction of sp³-hybridized carbons (Fsp3) is 0.471. The fourth-order valence-electron chi connectivity index (χ4n) is 1.51. The molecule has 0 radical (unpaired) electrons. The van der Waals surface area contributed by atoms with E-state index in [2.05, 4.69) is 36.4 Å². The molecule has 0 aromatic heterocycles. The van der Waals surface area contributed by atoms with Crippen molar-refractivity contribution >= 4 is 19.9 Å². The molecule has 21 heavy (non-hydrogen) atoms. The summed E-state index contributed by atoms with van der Waals surface area (Å²) < 4.78 is 5.27. The number of carbonyl (C=O) groups excluding carboxylic acids is 1. The second-order valence-electron chi connectivity index (χ2n) is 7.16. The molecular formula is C17H25NO2Si. The monoisotopic (exact) mass is 303 g/mol. The van der Waals surface area contributed by atoms with Crippen molar-refractivity contribution in [1.29, 1.82) is 0 Å². The van der Waals surface area contributed by atoms with Crippen molar-refractivity contribution in [1.82, 2.24) is 0 Å². The molecule has 0 aliphatic rings. The van der Waals surface area contributed by atoms with Gasteiger partial charge in [0.15, 0.2) is 0 Å². The van der Waals surface area contributed by atoms with E-state index in [0.29, 0.717) is 0 Å². The Bertz CT molecular complexity index is 584. The van der Waals surface area contributed by atoms with Crippen molar-refractivity contribution in [2.75, 3.05) is 5.32 Å². The molecule has 0 fully saturated rings. The van der Waals surface area contributed by atoms with Crippen LogP contribution in [-0.4, -0.2) is 19.8 Å². The Morgan fingerprint density at radius 1 is 1.24 bits per heavy atom. The van der Waals surface area contributed by atoms with Crippen LogP contribution in [0, 0.1) is 18.4 Å². The van der Waals surface area contributed by atoms with E-state index < -0.39 is 19.8 Å². The normalized spacial score (nSPS) is 11.4. The summed E-state index contributed by atoms with van der Waals surface area (Å²) in [6, 6.07) is 5.83. The van der Waals surface area contributed by atoms with Crippen molar-refractivity contribution in [3.8, 4) is 11.5 Å². The maximum absolute atomic E-state index is 11.8. The number of carbonyl (C=O) groups is 1. The van der Waals surface area contributed by atoms with Crippen molar-refractivity contribution in [3.05, 3.63) is 29.3 Å². The quantitative estimate of drug-likeness (QED) is 0.609. The van der Waals surface area contributed by atoms with Crippen LogP contribution in [0.3, 0.4) is 0 Å². The molecular weight excluding hydrogens is 278 g/mol. The average molecular weight is 303 g/mol. The van der Waals surface area contributed by atoms with Gasteiger partial charge in [0.25, 0.3) is 0 Å². The summed E-state index contributed by atoms with van der Waals surface area (Å²) in [5, 5.41) is 2.79. The first-order valence-electron chi connectivity index (χ1n) is 7.10. The van der Waals surface area contributed by atoms with E-state index >= 15 is 0 Å². The molecule has 0 saturated carbocycles. The number of ether oxygens (including phenoxy) is 1. The van der Waals surface area contributed by atoms with Gasteiger partial charge < -0.3 is 4.74 Å². The van der Waals surface area contributed by atoms with Crippen LogP contribution in [0.2, 0.25) is 19.6 Å². The Kier molecular flexibility index (Phi) is 5.24. The van der Waals surface area contributed by atoms with Crippen LogP contribution in [0.4, 0.5) is 10.5 Å². The highest BCUT2D eigenvalue weighted by atomic mass is 28.3. The standard InChI is InChI=1S/C17H25NO2Si/c1-13-8-9-14(10-11-21(5,6)7)12-15(13)18-16(19)20-17(2,3)4/h8-9,12H,1-7H3,(H,18,19). The maximum atomic E-state index is 11.8. The summed E-state index contributed by atoms with van der Waals surface area (Å²) >= 11 is 0. The third-order valence-corrected chi connectivity index (χ3v) is 3.33. The van der Waals surface area contributed by atoms with Crippen LogP contribution < -0.4 is 5.32 Å². The highest BCUT2D eigenvalue weighted by Gasteiger charge is 2.16. The fourth-order valence-corrected chi connectivity index (χ4v) is 2.03. The smallest absolute Gasteiger partial charge is 0.412 e. The van der Waals surface area contributed by atoms with Gasteiger partial charge in [-0.3, -0.25) is 5.32 Å². The molecule has 0 heterocycles. The first-order chi connectivity index (χ1) is 9.46. The van der Waals surface area contributed by atoms with Gasteiger partial charge in [-0.1, -0.05) is 31.6 Å². The lowest BCUT2D eigenvalue weighted by Gasteiger charge is -2.20. The van der Waals surface area contributed by atoms with Gasteiger partial charge in [0.2, 0.25) is 0 Å². The highest BCUT2D eigenvalue weighted by Crippen LogP contribution is 2.18. The number of aryl methyl sites for hydroxylation is 1. The van der Waals surface area contributed by atoms with Gasteiger partial charge in [0, 0.05) is 11.3 Å². The molecule has 114 valence electrons. The predicted molar refractivity (Wildman–Crippen MR) is 91.3 cm³/mol. The van der Waals surface area contributed by atoms with E-state index in [-0.39, 0.29) is 0 Å². The molecule has 0 bridgehead atoms. The SMILES string of the molecule is Cc1ccc(C#C[Si](C)(C)C)cc1NC(=O)OC(C)(C)C. The molecule has 1 N–H and O–H groups in total. The maximum Gasteiger partial charge on any atom is 0.412 e. The van der Waals surface area contributed by atoms with Gasteiger partial charge in [0.1, 0.15) is 13.7 Å². The number of benzene rings is 1. The first kappa shape index (κ1) is 17.3. The molecule has 3 nitrogen and oxygen atoms in total. The van der Waals surface area contributed by atoms with E-state index in [1.165, 1.54) is 0 Å². The Labute approximate surface area is 129 Å². The minimum absolute atomic E-state index is 0.444. The molecule has 0 spiro atoms. The van der Waals surface area contributed by atoms with Crippen molar-refractivity contribution in [2.24, 2.45) is 0 Å². The number of anilines is 1. The Hall–Kier alpha value is -1.73. The second kappa shape index (κ2) is 6.36. The van der Waals surface area contributed by atoms with Gasteiger partial charge in [-0.05, 0) is 45.4 Å². The molecule has 0 saturated heterocycles. The lowest BCUT2D eigenvalue weighted by Crippen LogP contribution is -2.27. The minimum atomic E-state index is -1.41. The van der Waals surface area contributed by atoms with Crippen molar-refractivity contribution < 1.29 is 9.53 Å². The third kappa shape index (κ3) is 7.01. The van der Waals surface area contributed by atoms with Gasteiger partial charge in [-0.2, -0.15) is 0 Å². The van der Waals surface area contributed by atoms with E-state index in [0.717, 1.165) is 16.8 Å². The second-order valence-corrected chi connectivity index (χ2v) is 11.9. The number of nitrogens with one attached hydrogen (secondary N) is 1. The number of hydrogen-bond acceptors (Lipinski definition) is 2. The molecule has 0 aliphatic carbocycles. The van der Waals surface area contributed by atoms with Gasteiger partial charge >= 0.3 is 6.09 Å². The number of hydrogen-bond donors (Lipinski definition) is 1. The summed E-state index contributed by atoms with van der Waals surface area (Å²) in [6.45, 7) is 14.1. The van der Waals surface area contributed by atoms with Crippen LogP contribution in [0.25, 0.3) is 0 Å². The van der Waals surface area contributed by atoms with Gasteiger partial charge in [0.05, 0.1) is 0 Å². The largest absolute Gasteiger partial charge is 0.444 e. The molecule has 0 atom stereocenters. The summed E-state index contributed by atoms with van der Waals surface area (Å²) in [5.74, 6) is 3.19. The van der Waals surface area contributed by atoms with Crippen molar-refractivity contribution in [2.45, 2.75) is 52.9 Å². The summed E-state index contributed by atoms with van der Waals surface area (Å²) in [6.07, 6.45) is -0.444. The van der Waals surface area contributed by atoms with E-state index in [1.54, 1.807) is 0 Å². The van der Waals surface area contributed by atoms with E-state index in [9.17, 15) is 4.79 Å². The molecule has 1 rings (SSSR count). The first-order valence-corrected chi connectivity index (χ1v) is 10.6. The van der Waals surface area contributed by atoms with Crippen molar-refractivity contribution in [3.63, 3.8) is 0 Å². The zero-order valence-electron chi connectivity index (χ0n) is 14.0. The van der Waals surface area contributed by atoms with E-state index in [1.807, 2.05) is 45.9 Å². The lowest BCUT2D eigenvalue weighted by molar-refractivity contribution is 0.0636. The Morgan fingerprint density at radius 2 is 1.86 bits per heavy atom. The van der Waals surface area contributed by atoms with Crippen LogP contribution in [0.15, 0.2) is 18.2 Å². The Balaban J connectivity index is 2.93. The zero-order valence-corrected chi connectivity index (χ0v) is 15.0. The minimum Gasteiger partial charge on any atom is -0.444 e. The van der Waals surface area contributed by atoms with Crippen LogP contribution in [-0.2, 0) is 4.74 Å². The molecule has 1 amide bonds. The third-order valence-electron chi connectivity index (χ3n) is 2.46. The lowest BCUT2D eigenvalue weighted by atomic mass is 10.1.